The van der Waals surface area contributed by atoms with Gasteiger partial charge in [-0.05, 0) is 36.6 Å². The van der Waals surface area contributed by atoms with E-state index in [1.807, 2.05) is 18.5 Å². The first-order valence-electron chi connectivity index (χ1n) is 6.69. The second-order valence-electron chi connectivity index (χ2n) is 5.62. The van der Waals surface area contributed by atoms with E-state index >= 15 is 0 Å². The number of aromatic nitrogens is 2. The molecule has 19 heavy (non-hydrogen) atoms. The van der Waals surface area contributed by atoms with Crippen LogP contribution in [0.3, 0.4) is 0 Å². The Morgan fingerprint density at radius 3 is 2.74 bits per heavy atom. The largest absolute Gasteiger partial charge is 0.395 e. The van der Waals surface area contributed by atoms with E-state index in [0.717, 1.165) is 12.8 Å². The van der Waals surface area contributed by atoms with Crippen LogP contribution in [0.1, 0.15) is 18.4 Å². The molecule has 3 nitrogen and oxygen atoms in total. The van der Waals surface area contributed by atoms with Gasteiger partial charge in [-0.2, -0.15) is 0 Å². The van der Waals surface area contributed by atoms with Crippen LogP contribution in [0.2, 0.25) is 0 Å². The van der Waals surface area contributed by atoms with Gasteiger partial charge in [-0.25, -0.2) is 0 Å². The number of aliphatic hydroxyl groups is 1. The zero-order chi connectivity index (χ0) is 13.0. The summed E-state index contributed by atoms with van der Waals surface area (Å²) in [6, 6.07) is 8.62. The summed E-state index contributed by atoms with van der Waals surface area (Å²) in [5.41, 5.74) is 3.72. The number of hydrogen-bond acceptors (Lipinski definition) is 2. The van der Waals surface area contributed by atoms with Crippen LogP contribution >= 0.6 is 0 Å². The van der Waals surface area contributed by atoms with E-state index in [1.54, 1.807) is 0 Å². The average molecular weight is 252 g/mol. The van der Waals surface area contributed by atoms with Crippen molar-refractivity contribution in [3.8, 4) is 0 Å². The van der Waals surface area contributed by atoms with Crippen LogP contribution in [0.25, 0.3) is 21.8 Å². The number of aryl methyl sites for hydroxylation is 1. The van der Waals surface area contributed by atoms with E-state index in [0.29, 0.717) is 0 Å². The molecule has 1 saturated carbocycles. The predicted octanol–water partition coefficient (Wildman–Crippen LogP) is 2.75. The lowest BCUT2D eigenvalue weighted by Gasteiger charge is -2.12. The van der Waals surface area contributed by atoms with Crippen molar-refractivity contribution in [2.75, 3.05) is 6.61 Å². The first-order chi connectivity index (χ1) is 9.25. The highest BCUT2D eigenvalue weighted by atomic mass is 16.3. The summed E-state index contributed by atoms with van der Waals surface area (Å²) >= 11 is 0. The van der Waals surface area contributed by atoms with Gasteiger partial charge in [0.2, 0.25) is 0 Å². The number of pyridine rings is 1. The van der Waals surface area contributed by atoms with E-state index in [2.05, 4.69) is 34.8 Å². The molecule has 0 radical (unpaired) electrons. The quantitative estimate of drug-likeness (QED) is 0.761. The molecule has 0 amide bonds. The fourth-order valence-electron chi connectivity index (χ4n) is 3.08. The molecule has 0 unspecified atom stereocenters. The fraction of sp³-hybridized carbons (Fsp3) is 0.312. The number of benzene rings is 1. The first kappa shape index (κ1) is 11.0. The Kier molecular flexibility index (Phi) is 2.07. The monoisotopic (exact) mass is 252 g/mol. The van der Waals surface area contributed by atoms with Gasteiger partial charge < -0.3 is 9.67 Å². The smallest absolute Gasteiger partial charge is 0.0527 e. The van der Waals surface area contributed by atoms with Gasteiger partial charge in [0, 0.05) is 41.1 Å². The van der Waals surface area contributed by atoms with E-state index in [1.165, 1.54) is 27.4 Å². The highest BCUT2D eigenvalue weighted by molar-refractivity contribution is 6.07. The van der Waals surface area contributed by atoms with Gasteiger partial charge >= 0.3 is 0 Å². The van der Waals surface area contributed by atoms with Gasteiger partial charge in [0.05, 0.1) is 12.1 Å². The summed E-state index contributed by atoms with van der Waals surface area (Å²) in [5.74, 6) is 0. The molecule has 4 rings (SSSR count). The van der Waals surface area contributed by atoms with Crippen molar-refractivity contribution in [2.45, 2.75) is 18.3 Å². The Balaban J connectivity index is 2.06. The number of fused-ring (bicyclic) bond motifs is 3. The molecule has 0 saturated heterocycles. The second kappa shape index (κ2) is 3.58. The molecule has 1 fully saturated rings. The molecule has 1 aromatic carbocycles. The second-order valence-corrected chi connectivity index (χ2v) is 5.62. The zero-order valence-corrected chi connectivity index (χ0v) is 10.9. The van der Waals surface area contributed by atoms with Crippen molar-refractivity contribution in [3.05, 3.63) is 42.2 Å². The SMILES string of the molecule is Cn1c2ccncc2c2cc(C3(CO)CC3)ccc21. The Bertz CT molecular complexity index is 784. The predicted molar refractivity (Wildman–Crippen MR) is 76.2 cm³/mol. The highest BCUT2D eigenvalue weighted by Crippen LogP contribution is 2.48. The third kappa shape index (κ3) is 1.39. The molecule has 0 bridgehead atoms. The minimum absolute atomic E-state index is 0.0264. The third-order valence-corrected chi connectivity index (χ3v) is 4.58. The summed E-state index contributed by atoms with van der Waals surface area (Å²) in [6.45, 7) is 0.252. The van der Waals surface area contributed by atoms with Crippen LogP contribution in [0.5, 0.6) is 0 Å². The van der Waals surface area contributed by atoms with Crippen molar-refractivity contribution in [3.63, 3.8) is 0 Å². The van der Waals surface area contributed by atoms with E-state index in [4.69, 9.17) is 0 Å². The standard InChI is InChI=1S/C16H16N2O/c1-18-14-3-2-11(16(10-19)5-6-16)8-12(14)13-9-17-7-4-15(13)18/h2-4,7-9,19H,5-6,10H2,1H3. The summed E-state index contributed by atoms with van der Waals surface area (Å²) in [4.78, 5) is 4.24. The van der Waals surface area contributed by atoms with Gasteiger partial charge in [0.25, 0.3) is 0 Å². The summed E-state index contributed by atoms with van der Waals surface area (Å²) in [5, 5.41) is 12.0. The molecule has 1 aliphatic carbocycles. The molecule has 3 aromatic rings. The van der Waals surface area contributed by atoms with Crippen LogP contribution in [-0.4, -0.2) is 21.3 Å². The van der Waals surface area contributed by atoms with Crippen molar-refractivity contribution in [1.29, 1.82) is 0 Å². The Hall–Kier alpha value is -1.87. The minimum atomic E-state index is 0.0264. The lowest BCUT2D eigenvalue weighted by molar-refractivity contribution is 0.255. The van der Waals surface area contributed by atoms with Gasteiger partial charge in [-0.1, -0.05) is 6.07 Å². The molecule has 3 heteroatoms. The Morgan fingerprint density at radius 2 is 2.00 bits per heavy atom. The Labute approximate surface area is 111 Å². The molecule has 0 atom stereocenters. The number of rotatable bonds is 2. The lowest BCUT2D eigenvalue weighted by atomic mass is 9.95. The first-order valence-corrected chi connectivity index (χ1v) is 6.69. The van der Waals surface area contributed by atoms with E-state index < -0.39 is 0 Å². The van der Waals surface area contributed by atoms with Crippen molar-refractivity contribution < 1.29 is 5.11 Å². The average Bonchev–Trinajstić information content (AvgIpc) is 3.22. The highest BCUT2D eigenvalue weighted by Gasteiger charge is 2.43. The van der Waals surface area contributed by atoms with Crippen LogP contribution in [0.15, 0.2) is 36.7 Å². The normalized spacial score (nSPS) is 17.2. The summed E-state index contributed by atoms with van der Waals surface area (Å²) in [6.07, 6.45) is 5.95. The van der Waals surface area contributed by atoms with Crippen LogP contribution in [0, 0.1) is 0 Å². The minimum Gasteiger partial charge on any atom is -0.395 e. The van der Waals surface area contributed by atoms with Crippen LogP contribution < -0.4 is 0 Å². The topological polar surface area (TPSA) is 38.0 Å². The molecule has 2 aromatic heterocycles. The molecule has 1 aliphatic rings. The molecular formula is C16H16N2O. The Morgan fingerprint density at radius 1 is 1.21 bits per heavy atom. The molecule has 1 N–H and O–H groups in total. The van der Waals surface area contributed by atoms with Gasteiger partial charge in [0.15, 0.2) is 0 Å². The fourth-order valence-corrected chi connectivity index (χ4v) is 3.08. The van der Waals surface area contributed by atoms with E-state index in [-0.39, 0.29) is 12.0 Å². The zero-order valence-electron chi connectivity index (χ0n) is 10.9. The maximum absolute atomic E-state index is 9.58. The van der Waals surface area contributed by atoms with Crippen molar-refractivity contribution >= 4 is 21.8 Å². The maximum Gasteiger partial charge on any atom is 0.0527 e. The van der Waals surface area contributed by atoms with Gasteiger partial charge in [-0.3, -0.25) is 4.98 Å². The molecule has 0 spiro atoms. The number of hydrogen-bond donors (Lipinski definition) is 1. The number of aliphatic hydroxyl groups excluding tert-OH is 1. The van der Waals surface area contributed by atoms with Crippen molar-refractivity contribution in [2.24, 2.45) is 7.05 Å². The molecule has 96 valence electrons. The molecule has 2 heterocycles. The summed E-state index contributed by atoms with van der Waals surface area (Å²) in [7, 11) is 2.09. The van der Waals surface area contributed by atoms with Gasteiger partial charge in [-0.15, -0.1) is 0 Å². The lowest BCUT2D eigenvalue weighted by Crippen LogP contribution is -2.11. The van der Waals surface area contributed by atoms with Crippen LogP contribution in [0.4, 0.5) is 0 Å². The molecular weight excluding hydrogens is 236 g/mol. The number of nitrogens with zero attached hydrogens (tertiary/aromatic N) is 2. The van der Waals surface area contributed by atoms with E-state index in [9.17, 15) is 5.11 Å². The summed E-state index contributed by atoms with van der Waals surface area (Å²) < 4.78 is 2.20. The van der Waals surface area contributed by atoms with Crippen LogP contribution in [-0.2, 0) is 12.5 Å². The third-order valence-electron chi connectivity index (χ3n) is 4.58. The van der Waals surface area contributed by atoms with Gasteiger partial charge in [0.1, 0.15) is 0 Å². The maximum atomic E-state index is 9.58. The van der Waals surface area contributed by atoms with Crippen molar-refractivity contribution in [1.82, 2.24) is 9.55 Å². The molecule has 0 aliphatic heterocycles.